The summed E-state index contributed by atoms with van der Waals surface area (Å²) in [5.74, 6) is 0. The molecule has 3 nitrogen and oxygen atoms in total. The predicted octanol–water partition coefficient (Wildman–Crippen LogP) is 4.06. The molecule has 0 saturated carbocycles. The van der Waals surface area contributed by atoms with Crippen molar-refractivity contribution >= 4 is 0 Å². The summed E-state index contributed by atoms with van der Waals surface area (Å²) in [4.78, 5) is 0. The predicted molar refractivity (Wildman–Crippen MR) is 88.1 cm³/mol. The van der Waals surface area contributed by atoms with Crippen LogP contribution in [0.25, 0.3) is 0 Å². The summed E-state index contributed by atoms with van der Waals surface area (Å²) in [6.07, 6.45) is 1.39. The van der Waals surface area contributed by atoms with Crippen molar-refractivity contribution < 1.29 is 14.2 Å². The molecule has 0 aliphatic carbocycles. The molecular weight excluding hydrogens is 288 g/mol. The summed E-state index contributed by atoms with van der Waals surface area (Å²) in [6, 6.07) is 20.7. The average Bonchev–Trinajstić information content (AvgIpc) is 3.43. The van der Waals surface area contributed by atoms with Gasteiger partial charge in [0.25, 0.3) is 0 Å². The van der Waals surface area contributed by atoms with E-state index in [1.54, 1.807) is 0 Å². The smallest absolute Gasteiger partial charge is 0.113 e. The molecule has 0 radical (unpaired) electrons. The fourth-order valence-electron chi connectivity index (χ4n) is 3.38. The lowest BCUT2D eigenvalue weighted by molar-refractivity contribution is -0.191. The molecule has 0 unspecified atom stereocenters. The Hall–Kier alpha value is -1.68. The zero-order valence-electron chi connectivity index (χ0n) is 13.3. The molecule has 4 rings (SSSR count). The molecule has 3 heteroatoms. The SMILES string of the molecule is CC[C@H]1O[C@@H]1[C@@H]1CO[C@@H](c2ccccc2)[C@H](c2ccccc2)O1. The Kier molecular flexibility index (Phi) is 4.17. The van der Waals surface area contributed by atoms with Crippen LogP contribution in [-0.2, 0) is 14.2 Å². The summed E-state index contributed by atoms with van der Waals surface area (Å²) in [5.41, 5.74) is 2.31. The van der Waals surface area contributed by atoms with Gasteiger partial charge >= 0.3 is 0 Å². The van der Waals surface area contributed by atoms with E-state index in [0.29, 0.717) is 12.7 Å². The molecule has 2 fully saturated rings. The third-order valence-corrected chi connectivity index (χ3v) is 4.68. The van der Waals surface area contributed by atoms with Gasteiger partial charge in [-0.1, -0.05) is 67.6 Å². The number of ether oxygens (including phenoxy) is 3. The van der Waals surface area contributed by atoms with E-state index in [-0.39, 0.29) is 24.4 Å². The zero-order valence-corrected chi connectivity index (χ0v) is 13.3. The van der Waals surface area contributed by atoms with Crippen LogP contribution in [0.5, 0.6) is 0 Å². The zero-order chi connectivity index (χ0) is 15.6. The molecule has 2 aromatic rings. The standard InChI is InChI=1S/C20H22O3/c1-2-16-20(22-16)17-13-21-18(14-9-5-3-6-10-14)19(23-17)15-11-7-4-8-12-15/h3-12,16-20H,2,13H2,1H3/t16-,17+,18+,19+,20+/m1/s1. The second-order valence-corrected chi connectivity index (χ2v) is 6.22. The topological polar surface area (TPSA) is 31.0 Å². The minimum absolute atomic E-state index is 0.0186. The molecule has 2 aliphatic rings. The number of epoxide rings is 1. The molecule has 120 valence electrons. The van der Waals surface area contributed by atoms with Crippen LogP contribution in [0, 0.1) is 0 Å². The van der Waals surface area contributed by atoms with Gasteiger partial charge in [-0.15, -0.1) is 0 Å². The Bertz CT molecular complexity index is 628. The summed E-state index contributed by atoms with van der Waals surface area (Å²) in [5, 5.41) is 0. The molecule has 5 atom stereocenters. The van der Waals surface area contributed by atoms with Gasteiger partial charge in [0.2, 0.25) is 0 Å². The second kappa shape index (κ2) is 6.44. The fourth-order valence-corrected chi connectivity index (χ4v) is 3.38. The van der Waals surface area contributed by atoms with Gasteiger partial charge in [-0.3, -0.25) is 0 Å². The highest BCUT2D eigenvalue weighted by Gasteiger charge is 2.48. The molecule has 2 aromatic carbocycles. The first kappa shape index (κ1) is 14.9. The van der Waals surface area contributed by atoms with Crippen LogP contribution in [0.1, 0.15) is 36.7 Å². The van der Waals surface area contributed by atoms with Crippen molar-refractivity contribution in [1.82, 2.24) is 0 Å². The maximum Gasteiger partial charge on any atom is 0.113 e. The van der Waals surface area contributed by atoms with E-state index in [9.17, 15) is 0 Å². The molecule has 0 aromatic heterocycles. The molecule has 0 bridgehead atoms. The van der Waals surface area contributed by atoms with Gasteiger partial charge in [0.1, 0.15) is 24.4 Å². The molecule has 0 N–H and O–H groups in total. The van der Waals surface area contributed by atoms with Gasteiger partial charge in [-0.25, -0.2) is 0 Å². The van der Waals surface area contributed by atoms with E-state index in [0.717, 1.165) is 17.5 Å². The minimum Gasteiger partial charge on any atom is -0.368 e. The van der Waals surface area contributed by atoms with Crippen molar-refractivity contribution in [2.75, 3.05) is 6.61 Å². The quantitative estimate of drug-likeness (QED) is 0.798. The monoisotopic (exact) mass is 310 g/mol. The van der Waals surface area contributed by atoms with E-state index < -0.39 is 0 Å². The third-order valence-electron chi connectivity index (χ3n) is 4.68. The molecule has 23 heavy (non-hydrogen) atoms. The lowest BCUT2D eigenvalue weighted by Gasteiger charge is -2.37. The summed E-state index contributed by atoms with van der Waals surface area (Å²) in [6.45, 7) is 2.74. The van der Waals surface area contributed by atoms with Gasteiger partial charge in [0.05, 0.1) is 12.7 Å². The van der Waals surface area contributed by atoms with Crippen LogP contribution in [-0.4, -0.2) is 24.9 Å². The Labute approximate surface area is 137 Å². The molecule has 2 heterocycles. The molecule has 2 aliphatic heterocycles. The highest BCUT2D eigenvalue weighted by atomic mass is 16.6. The van der Waals surface area contributed by atoms with E-state index in [4.69, 9.17) is 14.2 Å². The maximum atomic E-state index is 6.45. The molecular formula is C20H22O3. The largest absolute Gasteiger partial charge is 0.368 e. The van der Waals surface area contributed by atoms with Crippen molar-refractivity contribution in [3.05, 3.63) is 71.8 Å². The normalized spacial score (nSPS) is 33.3. The first-order valence-electron chi connectivity index (χ1n) is 8.39. The van der Waals surface area contributed by atoms with Crippen LogP contribution in [0.4, 0.5) is 0 Å². The van der Waals surface area contributed by atoms with Crippen molar-refractivity contribution in [1.29, 1.82) is 0 Å². The van der Waals surface area contributed by atoms with Crippen molar-refractivity contribution in [3.8, 4) is 0 Å². The minimum atomic E-state index is -0.0981. The Morgan fingerprint density at radius 3 is 2.00 bits per heavy atom. The lowest BCUT2D eigenvalue weighted by atomic mass is 9.96. The van der Waals surface area contributed by atoms with Crippen LogP contribution in [0.15, 0.2) is 60.7 Å². The van der Waals surface area contributed by atoms with Crippen LogP contribution in [0.3, 0.4) is 0 Å². The van der Waals surface area contributed by atoms with Crippen molar-refractivity contribution in [2.45, 2.75) is 43.9 Å². The highest BCUT2D eigenvalue weighted by molar-refractivity contribution is 5.26. The Balaban J connectivity index is 1.59. The van der Waals surface area contributed by atoms with Crippen LogP contribution in [0.2, 0.25) is 0 Å². The average molecular weight is 310 g/mol. The van der Waals surface area contributed by atoms with Gasteiger partial charge in [-0.2, -0.15) is 0 Å². The fraction of sp³-hybridized carbons (Fsp3) is 0.400. The number of hydrogen-bond donors (Lipinski definition) is 0. The number of hydrogen-bond acceptors (Lipinski definition) is 3. The number of benzene rings is 2. The van der Waals surface area contributed by atoms with E-state index in [1.807, 2.05) is 36.4 Å². The maximum absolute atomic E-state index is 6.45. The second-order valence-electron chi connectivity index (χ2n) is 6.22. The molecule has 0 amide bonds. The Morgan fingerprint density at radius 2 is 1.43 bits per heavy atom. The van der Waals surface area contributed by atoms with Crippen molar-refractivity contribution in [3.63, 3.8) is 0 Å². The van der Waals surface area contributed by atoms with Gasteiger partial charge < -0.3 is 14.2 Å². The summed E-state index contributed by atoms with van der Waals surface area (Å²) < 4.78 is 18.4. The van der Waals surface area contributed by atoms with E-state index in [1.165, 1.54) is 0 Å². The van der Waals surface area contributed by atoms with E-state index in [2.05, 4.69) is 31.2 Å². The first-order valence-corrected chi connectivity index (χ1v) is 8.39. The van der Waals surface area contributed by atoms with E-state index >= 15 is 0 Å². The van der Waals surface area contributed by atoms with Crippen LogP contribution >= 0.6 is 0 Å². The summed E-state index contributed by atoms with van der Waals surface area (Å²) >= 11 is 0. The Morgan fingerprint density at radius 1 is 0.826 bits per heavy atom. The number of rotatable bonds is 4. The highest BCUT2D eigenvalue weighted by Crippen LogP contribution is 2.43. The summed E-state index contributed by atoms with van der Waals surface area (Å²) in [7, 11) is 0. The van der Waals surface area contributed by atoms with Crippen molar-refractivity contribution in [2.24, 2.45) is 0 Å². The van der Waals surface area contributed by atoms with Gasteiger partial charge in [0.15, 0.2) is 0 Å². The molecule has 0 spiro atoms. The molecule has 2 saturated heterocycles. The lowest BCUT2D eigenvalue weighted by Crippen LogP contribution is -2.37. The third kappa shape index (κ3) is 3.05. The van der Waals surface area contributed by atoms with Gasteiger partial charge in [0, 0.05) is 0 Å². The van der Waals surface area contributed by atoms with Crippen LogP contribution < -0.4 is 0 Å². The van der Waals surface area contributed by atoms with Gasteiger partial charge in [-0.05, 0) is 17.5 Å². The first-order chi connectivity index (χ1) is 11.4.